The summed E-state index contributed by atoms with van der Waals surface area (Å²) in [6, 6.07) is 11.3. The molecule has 3 aromatic rings. The Balaban J connectivity index is 1.38. The Labute approximate surface area is 216 Å². The fourth-order valence-electron chi connectivity index (χ4n) is 4.93. The van der Waals surface area contributed by atoms with Gasteiger partial charge in [-0.2, -0.15) is 9.49 Å². The van der Waals surface area contributed by atoms with E-state index in [1.807, 2.05) is 0 Å². The van der Waals surface area contributed by atoms with Gasteiger partial charge in [0.15, 0.2) is 0 Å². The van der Waals surface area contributed by atoms with Crippen LogP contribution in [0.25, 0.3) is 0 Å². The molecule has 0 spiro atoms. The van der Waals surface area contributed by atoms with Crippen LogP contribution in [0.4, 0.5) is 17.6 Å². The monoisotopic (exact) mass is 529 g/mol. The van der Waals surface area contributed by atoms with Gasteiger partial charge in [-0.25, -0.2) is 18.2 Å². The first-order valence-electron chi connectivity index (χ1n) is 12.5. The molecule has 3 unspecified atom stereocenters. The highest BCUT2D eigenvalue weighted by molar-refractivity contribution is 5.88. The molecule has 1 aliphatic carbocycles. The fourth-order valence-corrected chi connectivity index (χ4v) is 4.93. The summed E-state index contributed by atoms with van der Waals surface area (Å²) < 4.78 is 56.9. The molecule has 3 atom stereocenters. The maximum Gasteiger partial charge on any atom is 0.280 e. The number of benzene rings is 1. The zero-order valence-corrected chi connectivity index (χ0v) is 20.7. The van der Waals surface area contributed by atoms with Crippen molar-refractivity contribution in [1.29, 1.82) is 0 Å². The van der Waals surface area contributed by atoms with Gasteiger partial charge in [0.05, 0.1) is 24.0 Å². The van der Waals surface area contributed by atoms with Crippen LogP contribution in [0.2, 0.25) is 0 Å². The molecule has 0 bridgehead atoms. The van der Waals surface area contributed by atoms with Gasteiger partial charge in [0.2, 0.25) is 17.8 Å². The number of carbonyl (C=O) groups excluding carboxylic acids is 2. The molecule has 1 aliphatic heterocycles. The zero-order chi connectivity index (χ0) is 27.0. The molecule has 5 rings (SSSR count). The van der Waals surface area contributed by atoms with Gasteiger partial charge < -0.3 is 10.2 Å². The Morgan fingerprint density at radius 3 is 2.53 bits per heavy atom. The average molecular weight is 530 g/mol. The minimum atomic E-state index is -2.85. The number of amides is 2. The molecular formula is C27H27F4N5O2. The molecule has 38 heavy (non-hydrogen) atoms. The van der Waals surface area contributed by atoms with Gasteiger partial charge in [-0.05, 0) is 43.4 Å². The lowest BCUT2D eigenvalue weighted by molar-refractivity contribution is -0.139. The van der Waals surface area contributed by atoms with Crippen molar-refractivity contribution in [2.45, 2.75) is 63.3 Å². The molecule has 2 amide bonds. The normalized spacial score (nSPS) is 20.1. The van der Waals surface area contributed by atoms with Gasteiger partial charge in [0, 0.05) is 12.0 Å². The van der Waals surface area contributed by atoms with E-state index < -0.39 is 54.7 Å². The first-order valence-corrected chi connectivity index (χ1v) is 12.5. The van der Waals surface area contributed by atoms with Crippen LogP contribution in [-0.2, 0) is 16.1 Å². The lowest BCUT2D eigenvalue weighted by atomic mass is 10.0. The van der Waals surface area contributed by atoms with E-state index in [-0.39, 0.29) is 24.6 Å². The summed E-state index contributed by atoms with van der Waals surface area (Å²) in [4.78, 5) is 31.7. The highest BCUT2D eigenvalue weighted by Crippen LogP contribution is 2.41. The first kappa shape index (κ1) is 25.9. The molecule has 2 fully saturated rings. The fraction of sp³-hybridized carbons (Fsp3) is 0.407. The second-order valence-electron chi connectivity index (χ2n) is 9.81. The number of rotatable bonds is 8. The molecule has 1 N–H and O–H groups in total. The summed E-state index contributed by atoms with van der Waals surface area (Å²) in [5, 5.41) is 6.76. The van der Waals surface area contributed by atoms with Crippen LogP contribution >= 0.6 is 0 Å². The van der Waals surface area contributed by atoms with Crippen molar-refractivity contribution in [2.75, 3.05) is 6.54 Å². The number of nitrogens with one attached hydrogen (secondary N) is 1. The van der Waals surface area contributed by atoms with Gasteiger partial charge >= 0.3 is 0 Å². The highest BCUT2D eigenvalue weighted by atomic mass is 19.3. The Bertz CT molecular complexity index is 1330. The summed E-state index contributed by atoms with van der Waals surface area (Å²) in [6.45, 7) is 0.621. The third-order valence-corrected chi connectivity index (χ3v) is 6.95. The molecule has 1 aromatic carbocycles. The average Bonchev–Trinajstić information content (AvgIpc) is 3.55. The van der Waals surface area contributed by atoms with Crippen molar-refractivity contribution in [3.05, 3.63) is 82.7 Å². The number of aryl methyl sites for hydroxylation is 1. The minimum Gasteiger partial charge on any atom is -0.342 e. The van der Waals surface area contributed by atoms with E-state index in [4.69, 9.17) is 0 Å². The quantitative estimate of drug-likeness (QED) is 0.347. The lowest BCUT2D eigenvalue weighted by Gasteiger charge is -2.27. The number of likely N-dealkylation sites (tertiary alicyclic amines) is 1. The van der Waals surface area contributed by atoms with E-state index >= 15 is 0 Å². The van der Waals surface area contributed by atoms with Crippen molar-refractivity contribution in [3.8, 4) is 0 Å². The van der Waals surface area contributed by atoms with Crippen LogP contribution in [0.1, 0.15) is 65.9 Å². The summed E-state index contributed by atoms with van der Waals surface area (Å²) >= 11 is 0. The molecule has 7 nitrogen and oxygen atoms in total. The third-order valence-electron chi connectivity index (χ3n) is 6.95. The van der Waals surface area contributed by atoms with Crippen LogP contribution in [0.3, 0.4) is 0 Å². The largest absolute Gasteiger partial charge is 0.342 e. The van der Waals surface area contributed by atoms with E-state index in [1.54, 1.807) is 42.5 Å². The van der Waals surface area contributed by atoms with Gasteiger partial charge in [-0.1, -0.05) is 36.4 Å². The lowest BCUT2D eigenvalue weighted by Crippen LogP contribution is -2.48. The minimum absolute atomic E-state index is 0.157. The molecule has 3 heterocycles. The maximum atomic E-state index is 14.8. The number of hydrogen-bond donors (Lipinski definition) is 1. The Morgan fingerprint density at radius 2 is 1.87 bits per heavy atom. The van der Waals surface area contributed by atoms with Crippen molar-refractivity contribution < 1.29 is 27.2 Å². The second kappa shape index (κ2) is 10.5. The molecule has 2 aromatic heterocycles. The van der Waals surface area contributed by atoms with Gasteiger partial charge in [0.25, 0.3) is 6.43 Å². The van der Waals surface area contributed by atoms with Gasteiger partial charge in [-0.3, -0.25) is 14.3 Å². The van der Waals surface area contributed by atoms with Crippen LogP contribution in [-0.4, -0.2) is 50.2 Å². The number of aromatic nitrogens is 3. The van der Waals surface area contributed by atoms with Crippen LogP contribution in [0.5, 0.6) is 0 Å². The molecule has 0 radical (unpaired) electrons. The predicted molar refractivity (Wildman–Crippen MR) is 130 cm³/mol. The number of halogens is 4. The van der Waals surface area contributed by atoms with E-state index in [2.05, 4.69) is 15.4 Å². The molecular weight excluding hydrogens is 502 g/mol. The number of carbonyl (C=O) groups is 2. The van der Waals surface area contributed by atoms with Crippen LogP contribution in [0.15, 0.2) is 48.5 Å². The van der Waals surface area contributed by atoms with Gasteiger partial charge in [-0.15, -0.1) is 0 Å². The smallest absolute Gasteiger partial charge is 0.280 e. The summed E-state index contributed by atoms with van der Waals surface area (Å²) in [5.41, 5.74) is 1.32. The van der Waals surface area contributed by atoms with Crippen molar-refractivity contribution in [3.63, 3.8) is 0 Å². The molecule has 2 aliphatic rings. The number of hydrogen-bond acceptors (Lipinski definition) is 4. The standard InChI is InChI=1S/C27H27F4N5O2/c1-15-11-21(25(29)30)36(34-15)14-23(37)35-13-18(28)12-22(35)27(38)33-24(17-5-3-2-4-6-17)20-10-9-19(16-7-8-16)26(31)32-20/h2-6,9-11,16,18,22,24-25H,7-8,12-14H2,1H3,(H,33,38). The Hall–Kier alpha value is -3.76. The predicted octanol–water partition coefficient (Wildman–Crippen LogP) is 4.39. The maximum absolute atomic E-state index is 14.8. The SMILES string of the molecule is Cc1cc(C(F)F)n(CC(=O)N2CC(F)CC2C(=O)NC(c2ccccc2)c2ccc(C3CC3)c(F)n2)n1. The van der Waals surface area contributed by atoms with E-state index in [0.29, 0.717) is 16.8 Å². The van der Waals surface area contributed by atoms with Crippen molar-refractivity contribution in [1.82, 2.24) is 25.0 Å². The number of nitrogens with zero attached hydrogens (tertiary/aromatic N) is 4. The van der Waals surface area contributed by atoms with Crippen molar-refractivity contribution >= 4 is 11.8 Å². The molecule has 1 saturated heterocycles. The number of alkyl halides is 3. The first-order chi connectivity index (χ1) is 18.2. The second-order valence-corrected chi connectivity index (χ2v) is 9.81. The van der Waals surface area contributed by atoms with E-state index in [9.17, 15) is 27.2 Å². The summed E-state index contributed by atoms with van der Waals surface area (Å²) in [5.74, 6) is -1.79. The highest BCUT2D eigenvalue weighted by Gasteiger charge is 2.41. The topological polar surface area (TPSA) is 80.1 Å². The van der Waals surface area contributed by atoms with E-state index in [0.717, 1.165) is 22.4 Å². The van der Waals surface area contributed by atoms with Gasteiger partial charge in [0.1, 0.15) is 24.5 Å². The van der Waals surface area contributed by atoms with Crippen LogP contribution < -0.4 is 5.32 Å². The Morgan fingerprint density at radius 1 is 1.13 bits per heavy atom. The Kier molecular flexibility index (Phi) is 7.18. The molecule has 200 valence electrons. The van der Waals surface area contributed by atoms with Crippen molar-refractivity contribution in [2.24, 2.45) is 0 Å². The summed E-state index contributed by atoms with van der Waals surface area (Å²) in [7, 11) is 0. The third kappa shape index (κ3) is 5.41. The van der Waals surface area contributed by atoms with Crippen LogP contribution in [0, 0.1) is 12.9 Å². The van der Waals surface area contributed by atoms with E-state index in [1.165, 1.54) is 13.0 Å². The molecule has 11 heteroatoms. The summed E-state index contributed by atoms with van der Waals surface area (Å²) in [6.07, 6.45) is -2.75. The zero-order valence-electron chi connectivity index (χ0n) is 20.7. The molecule has 1 saturated carbocycles. The number of pyridine rings is 1.